The van der Waals surface area contributed by atoms with Crippen LogP contribution in [-0.2, 0) is 10.0 Å². The Morgan fingerprint density at radius 1 is 1.32 bits per heavy atom. The number of hydrogen-bond acceptors (Lipinski definition) is 5. The van der Waals surface area contributed by atoms with Crippen molar-refractivity contribution < 1.29 is 12.8 Å². The number of rotatable bonds is 4. The third kappa shape index (κ3) is 4.13. The summed E-state index contributed by atoms with van der Waals surface area (Å²) in [5, 5.41) is 0. The van der Waals surface area contributed by atoms with E-state index in [4.69, 9.17) is 0 Å². The van der Waals surface area contributed by atoms with E-state index in [1.165, 1.54) is 18.2 Å². The van der Waals surface area contributed by atoms with Crippen LogP contribution in [0.5, 0.6) is 0 Å². The molecule has 3 rings (SSSR count). The van der Waals surface area contributed by atoms with Gasteiger partial charge >= 0.3 is 0 Å². The van der Waals surface area contributed by atoms with E-state index >= 15 is 0 Å². The van der Waals surface area contributed by atoms with Gasteiger partial charge < -0.3 is 4.90 Å². The molecule has 2 heterocycles. The minimum Gasteiger partial charge on any atom is -0.354 e. The van der Waals surface area contributed by atoms with Gasteiger partial charge in [0, 0.05) is 25.3 Å². The first-order chi connectivity index (χ1) is 11.8. The number of piperidine rings is 1. The molecule has 0 radical (unpaired) electrons. The average molecular weight is 364 g/mol. The van der Waals surface area contributed by atoms with Crippen LogP contribution >= 0.6 is 0 Å². The molecule has 1 saturated heterocycles. The SMILES string of the molecule is Cc1cnc(C)c(N2CCCC(NS(=O)(=O)c3cccc(F)c3)C2)n1. The highest BCUT2D eigenvalue weighted by Crippen LogP contribution is 2.22. The summed E-state index contributed by atoms with van der Waals surface area (Å²) in [6, 6.07) is 4.77. The molecular formula is C17H21FN4O2S. The van der Waals surface area contributed by atoms with Crippen molar-refractivity contribution in [2.24, 2.45) is 0 Å². The van der Waals surface area contributed by atoms with Gasteiger partial charge in [-0.15, -0.1) is 0 Å². The van der Waals surface area contributed by atoms with Crippen molar-refractivity contribution in [3.05, 3.63) is 47.7 Å². The third-order valence-corrected chi connectivity index (χ3v) is 5.72. The molecule has 0 spiro atoms. The van der Waals surface area contributed by atoms with Gasteiger partial charge in [0.1, 0.15) is 11.6 Å². The molecule has 25 heavy (non-hydrogen) atoms. The van der Waals surface area contributed by atoms with Crippen molar-refractivity contribution in [2.45, 2.75) is 37.6 Å². The molecule has 0 saturated carbocycles. The number of halogens is 1. The largest absolute Gasteiger partial charge is 0.354 e. The van der Waals surface area contributed by atoms with Crippen molar-refractivity contribution in [1.29, 1.82) is 0 Å². The summed E-state index contributed by atoms with van der Waals surface area (Å²) >= 11 is 0. The number of nitrogens with one attached hydrogen (secondary N) is 1. The molecule has 0 amide bonds. The van der Waals surface area contributed by atoms with Crippen LogP contribution in [0.3, 0.4) is 0 Å². The first-order valence-electron chi connectivity index (χ1n) is 8.18. The molecule has 0 bridgehead atoms. The highest BCUT2D eigenvalue weighted by molar-refractivity contribution is 7.89. The highest BCUT2D eigenvalue weighted by Gasteiger charge is 2.27. The second kappa shape index (κ2) is 7.05. The molecule has 1 unspecified atom stereocenters. The molecule has 8 heteroatoms. The summed E-state index contributed by atoms with van der Waals surface area (Å²) in [6.45, 7) is 5.08. The molecule has 1 aliphatic heterocycles. The normalized spacial score (nSPS) is 18.4. The van der Waals surface area contributed by atoms with Gasteiger partial charge in [0.2, 0.25) is 10.0 Å². The Morgan fingerprint density at radius 2 is 2.12 bits per heavy atom. The maximum absolute atomic E-state index is 13.3. The third-order valence-electron chi connectivity index (χ3n) is 4.20. The topological polar surface area (TPSA) is 75.2 Å². The fraction of sp³-hybridized carbons (Fsp3) is 0.412. The van der Waals surface area contributed by atoms with Crippen LogP contribution in [-0.4, -0.2) is 37.5 Å². The van der Waals surface area contributed by atoms with Gasteiger partial charge in [0.15, 0.2) is 0 Å². The number of anilines is 1. The Bertz CT molecular complexity index is 873. The molecule has 1 N–H and O–H groups in total. The molecular weight excluding hydrogens is 343 g/mol. The number of aromatic nitrogens is 2. The van der Waals surface area contributed by atoms with Crippen LogP contribution in [0.4, 0.5) is 10.2 Å². The zero-order valence-electron chi connectivity index (χ0n) is 14.2. The van der Waals surface area contributed by atoms with E-state index < -0.39 is 15.8 Å². The smallest absolute Gasteiger partial charge is 0.240 e. The second-order valence-electron chi connectivity index (χ2n) is 6.28. The van der Waals surface area contributed by atoms with Crippen molar-refractivity contribution in [1.82, 2.24) is 14.7 Å². The standard InChI is InChI=1S/C17H21FN4O2S/c1-12-10-19-13(2)17(20-12)22-8-4-6-15(11-22)21-25(23,24)16-7-3-5-14(18)9-16/h3,5,7,9-10,15,21H,4,6,8,11H2,1-2H3. The lowest BCUT2D eigenvalue weighted by Gasteiger charge is -2.34. The van der Waals surface area contributed by atoms with Crippen LogP contribution in [0.25, 0.3) is 0 Å². The molecule has 1 aliphatic rings. The van der Waals surface area contributed by atoms with Gasteiger partial charge in [-0.05, 0) is 44.9 Å². The monoisotopic (exact) mass is 364 g/mol. The van der Waals surface area contributed by atoms with Crippen LogP contribution < -0.4 is 9.62 Å². The summed E-state index contributed by atoms with van der Waals surface area (Å²) in [7, 11) is -3.76. The first kappa shape index (κ1) is 17.8. The van der Waals surface area contributed by atoms with Crippen molar-refractivity contribution in [2.75, 3.05) is 18.0 Å². The van der Waals surface area contributed by atoms with Crippen molar-refractivity contribution in [3.63, 3.8) is 0 Å². The quantitative estimate of drug-likeness (QED) is 0.900. The lowest BCUT2D eigenvalue weighted by atomic mass is 10.1. The van der Waals surface area contributed by atoms with E-state index in [2.05, 4.69) is 19.6 Å². The molecule has 6 nitrogen and oxygen atoms in total. The summed E-state index contributed by atoms with van der Waals surface area (Å²) in [6.07, 6.45) is 3.28. The van der Waals surface area contributed by atoms with Gasteiger partial charge in [-0.3, -0.25) is 4.98 Å². The Balaban J connectivity index is 1.76. The maximum Gasteiger partial charge on any atom is 0.240 e. The highest BCUT2D eigenvalue weighted by atomic mass is 32.2. The lowest BCUT2D eigenvalue weighted by Crippen LogP contribution is -2.48. The molecule has 1 aromatic heterocycles. The van der Waals surface area contributed by atoms with Crippen LogP contribution in [0.2, 0.25) is 0 Å². The summed E-state index contributed by atoms with van der Waals surface area (Å²) in [5.41, 5.74) is 1.64. The maximum atomic E-state index is 13.3. The van der Waals surface area contributed by atoms with E-state index in [0.29, 0.717) is 6.54 Å². The van der Waals surface area contributed by atoms with Gasteiger partial charge in [-0.2, -0.15) is 0 Å². The predicted molar refractivity (Wildman–Crippen MR) is 93.5 cm³/mol. The zero-order chi connectivity index (χ0) is 18.0. The summed E-state index contributed by atoms with van der Waals surface area (Å²) in [5.74, 6) is 0.216. The summed E-state index contributed by atoms with van der Waals surface area (Å²) in [4.78, 5) is 10.9. The van der Waals surface area contributed by atoms with Crippen molar-refractivity contribution in [3.8, 4) is 0 Å². The predicted octanol–water partition coefficient (Wildman–Crippen LogP) is 2.18. The molecule has 1 fully saturated rings. The Hall–Kier alpha value is -2.06. The van der Waals surface area contributed by atoms with E-state index in [1.54, 1.807) is 6.20 Å². The number of benzene rings is 1. The van der Waals surface area contributed by atoms with E-state index in [-0.39, 0.29) is 10.9 Å². The fourth-order valence-corrected chi connectivity index (χ4v) is 4.30. The minimum absolute atomic E-state index is 0.0591. The van der Waals surface area contributed by atoms with E-state index in [9.17, 15) is 12.8 Å². The molecule has 134 valence electrons. The Labute approximate surface area is 147 Å². The van der Waals surface area contributed by atoms with Gasteiger partial charge in [-0.25, -0.2) is 22.5 Å². The van der Waals surface area contributed by atoms with Gasteiger partial charge in [0.25, 0.3) is 0 Å². The van der Waals surface area contributed by atoms with Crippen LogP contribution in [0, 0.1) is 19.7 Å². The fourth-order valence-electron chi connectivity index (χ4n) is 3.01. The molecule has 0 aliphatic carbocycles. The molecule has 2 aromatic rings. The van der Waals surface area contributed by atoms with Crippen LogP contribution in [0.15, 0.2) is 35.4 Å². The van der Waals surface area contributed by atoms with Gasteiger partial charge in [0.05, 0.1) is 16.3 Å². The molecule has 1 aromatic carbocycles. The van der Waals surface area contributed by atoms with E-state index in [0.717, 1.165) is 42.7 Å². The van der Waals surface area contributed by atoms with E-state index in [1.807, 2.05) is 13.8 Å². The Kier molecular flexibility index (Phi) is 5.01. The summed E-state index contributed by atoms with van der Waals surface area (Å²) < 4.78 is 41.0. The number of hydrogen-bond donors (Lipinski definition) is 1. The number of sulfonamides is 1. The average Bonchev–Trinajstić information content (AvgIpc) is 2.57. The number of aryl methyl sites for hydroxylation is 2. The molecule has 1 atom stereocenters. The van der Waals surface area contributed by atoms with Crippen molar-refractivity contribution >= 4 is 15.8 Å². The van der Waals surface area contributed by atoms with Gasteiger partial charge in [-0.1, -0.05) is 6.07 Å². The van der Waals surface area contributed by atoms with Crippen LogP contribution in [0.1, 0.15) is 24.2 Å². The second-order valence-corrected chi connectivity index (χ2v) is 8.00. The Morgan fingerprint density at radius 3 is 2.88 bits per heavy atom. The number of nitrogens with zero attached hydrogens (tertiary/aromatic N) is 3. The minimum atomic E-state index is -3.76. The first-order valence-corrected chi connectivity index (χ1v) is 9.66. The lowest BCUT2D eigenvalue weighted by molar-refractivity contribution is 0.463. The zero-order valence-corrected chi connectivity index (χ0v) is 15.1.